The lowest BCUT2D eigenvalue weighted by atomic mass is 9.47. The molecule has 0 amide bonds. The minimum Gasteiger partial charge on any atom is -0.393 e. The Bertz CT molecular complexity index is 458. The largest absolute Gasteiger partial charge is 0.393 e. The Balaban J connectivity index is 1.61. The van der Waals surface area contributed by atoms with E-state index < -0.39 is 0 Å². The van der Waals surface area contributed by atoms with Crippen molar-refractivity contribution in [1.29, 1.82) is 0 Å². The summed E-state index contributed by atoms with van der Waals surface area (Å²) in [4.78, 5) is 12.0. The highest BCUT2D eigenvalue weighted by atomic mass is 16.3. The monoisotopic (exact) mass is 290 g/mol. The molecular formula is C19H30O2. The molecule has 118 valence electrons. The molecule has 0 radical (unpaired) electrons. The molecule has 0 saturated heterocycles. The van der Waals surface area contributed by atoms with Crippen molar-refractivity contribution in [2.75, 3.05) is 0 Å². The van der Waals surface area contributed by atoms with Crippen LogP contribution < -0.4 is 0 Å². The van der Waals surface area contributed by atoms with Gasteiger partial charge in [0.2, 0.25) is 0 Å². The summed E-state index contributed by atoms with van der Waals surface area (Å²) >= 11 is 0. The molecule has 0 aliphatic heterocycles. The van der Waals surface area contributed by atoms with Crippen LogP contribution in [0.4, 0.5) is 0 Å². The second-order valence-corrected chi connectivity index (χ2v) is 9.28. The normalized spacial score (nSPS) is 56.5. The molecular weight excluding hydrogens is 260 g/mol. The van der Waals surface area contributed by atoms with Gasteiger partial charge in [-0.25, -0.2) is 0 Å². The lowest BCUT2D eigenvalue weighted by Crippen LogP contribution is -2.51. The van der Waals surface area contributed by atoms with E-state index in [4.69, 9.17) is 0 Å². The third-order valence-electron chi connectivity index (χ3n) is 8.03. The zero-order chi connectivity index (χ0) is 14.8. The summed E-state index contributed by atoms with van der Waals surface area (Å²) in [6.45, 7) is 4.82. The molecule has 4 rings (SSSR count). The van der Waals surface area contributed by atoms with Gasteiger partial charge in [-0.05, 0) is 79.4 Å². The first-order valence-electron chi connectivity index (χ1n) is 9.11. The number of aliphatic hydroxyl groups is 1. The number of carbonyl (C=O) groups excluding carboxylic acids is 1. The van der Waals surface area contributed by atoms with E-state index in [0.717, 1.165) is 43.4 Å². The van der Waals surface area contributed by atoms with Crippen molar-refractivity contribution >= 4 is 5.78 Å². The van der Waals surface area contributed by atoms with Crippen molar-refractivity contribution < 1.29 is 9.90 Å². The van der Waals surface area contributed by atoms with Gasteiger partial charge < -0.3 is 5.11 Å². The number of carbonyl (C=O) groups is 1. The summed E-state index contributed by atoms with van der Waals surface area (Å²) in [6, 6.07) is 0. The van der Waals surface area contributed by atoms with E-state index >= 15 is 0 Å². The maximum Gasteiger partial charge on any atom is 0.133 e. The number of fused-ring (bicyclic) bond motifs is 5. The molecule has 7 atom stereocenters. The highest BCUT2D eigenvalue weighted by Gasteiger charge is 2.57. The molecule has 0 aromatic rings. The minimum atomic E-state index is -0.0651. The van der Waals surface area contributed by atoms with E-state index in [1.807, 2.05) is 0 Å². The molecule has 21 heavy (non-hydrogen) atoms. The Labute approximate surface area is 128 Å². The van der Waals surface area contributed by atoms with Gasteiger partial charge in [-0.2, -0.15) is 0 Å². The van der Waals surface area contributed by atoms with Crippen molar-refractivity contribution in [2.45, 2.75) is 77.7 Å². The van der Waals surface area contributed by atoms with Crippen molar-refractivity contribution in [2.24, 2.45) is 34.5 Å². The van der Waals surface area contributed by atoms with Crippen LogP contribution in [0.3, 0.4) is 0 Å². The zero-order valence-electron chi connectivity index (χ0n) is 13.6. The molecule has 2 heteroatoms. The Kier molecular flexibility index (Phi) is 3.10. The number of hydrogen-bond donors (Lipinski definition) is 1. The average molecular weight is 290 g/mol. The lowest BCUT2D eigenvalue weighted by Gasteiger charge is -2.58. The van der Waals surface area contributed by atoms with E-state index in [-0.39, 0.29) is 6.10 Å². The Morgan fingerprint density at radius 2 is 1.62 bits per heavy atom. The molecule has 0 aromatic heterocycles. The minimum absolute atomic E-state index is 0.0651. The second-order valence-electron chi connectivity index (χ2n) is 9.28. The summed E-state index contributed by atoms with van der Waals surface area (Å²) in [5, 5.41) is 10.1. The standard InChI is InChI=1S/C19H30O2/c1-18-7-6-15-14(16(18)4-3-12(20)10-18)5-8-19(2)11-13(21)9-17(15)19/h12,14-17,20H,3-11H2,1-2H3/t12-,14+,15-,16-,17+,18+,19-/m0/s1. The zero-order valence-corrected chi connectivity index (χ0v) is 13.6. The summed E-state index contributed by atoms with van der Waals surface area (Å²) < 4.78 is 0. The molecule has 4 aliphatic carbocycles. The summed E-state index contributed by atoms with van der Waals surface area (Å²) in [7, 11) is 0. The van der Waals surface area contributed by atoms with Gasteiger partial charge in [-0.1, -0.05) is 13.8 Å². The van der Waals surface area contributed by atoms with Crippen molar-refractivity contribution in [1.82, 2.24) is 0 Å². The first-order chi connectivity index (χ1) is 9.91. The highest BCUT2D eigenvalue weighted by Crippen LogP contribution is 2.64. The van der Waals surface area contributed by atoms with Crippen molar-refractivity contribution in [3.8, 4) is 0 Å². The van der Waals surface area contributed by atoms with Gasteiger partial charge >= 0.3 is 0 Å². The van der Waals surface area contributed by atoms with Gasteiger partial charge in [0.25, 0.3) is 0 Å². The fourth-order valence-electron chi connectivity index (χ4n) is 7.04. The van der Waals surface area contributed by atoms with Gasteiger partial charge in [-0.3, -0.25) is 4.79 Å². The van der Waals surface area contributed by atoms with E-state index in [0.29, 0.717) is 22.5 Å². The van der Waals surface area contributed by atoms with E-state index in [1.54, 1.807) is 0 Å². The van der Waals surface area contributed by atoms with E-state index in [1.165, 1.54) is 32.1 Å². The molecule has 0 heterocycles. The smallest absolute Gasteiger partial charge is 0.133 e. The van der Waals surface area contributed by atoms with Crippen LogP contribution >= 0.6 is 0 Å². The van der Waals surface area contributed by atoms with Gasteiger partial charge in [-0.15, -0.1) is 0 Å². The quantitative estimate of drug-likeness (QED) is 0.733. The fourth-order valence-corrected chi connectivity index (χ4v) is 7.04. The number of ketones is 1. The average Bonchev–Trinajstić information content (AvgIpc) is 2.71. The van der Waals surface area contributed by atoms with E-state index in [2.05, 4.69) is 13.8 Å². The van der Waals surface area contributed by atoms with Crippen molar-refractivity contribution in [3.63, 3.8) is 0 Å². The SMILES string of the molecule is C[C@@]12CC[C@@H]3[C@H](CC[C@]4(C)C[C@@H](O)CC[C@@H]34)[C@H]1CC(=O)C2. The maximum atomic E-state index is 12.0. The summed E-state index contributed by atoms with van der Waals surface area (Å²) in [6.07, 6.45) is 10.1. The molecule has 4 saturated carbocycles. The fraction of sp³-hybridized carbons (Fsp3) is 0.947. The molecule has 4 aliphatic rings. The van der Waals surface area contributed by atoms with Crippen LogP contribution in [0.15, 0.2) is 0 Å². The molecule has 0 aromatic carbocycles. The summed E-state index contributed by atoms with van der Waals surface area (Å²) in [5.74, 6) is 3.62. The van der Waals surface area contributed by atoms with Gasteiger partial charge in [0.05, 0.1) is 6.10 Å². The van der Waals surface area contributed by atoms with Crippen LogP contribution in [0, 0.1) is 34.5 Å². The molecule has 0 bridgehead atoms. The topological polar surface area (TPSA) is 37.3 Å². The summed E-state index contributed by atoms with van der Waals surface area (Å²) in [5.41, 5.74) is 0.690. The van der Waals surface area contributed by atoms with Crippen molar-refractivity contribution in [3.05, 3.63) is 0 Å². The predicted molar refractivity (Wildman–Crippen MR) is 82.7 cm³/mol. The van der Waals surface area contributed by atoms with Crippen LogP contribution in [0.1, 0.15) is 71.6 Å². The highest BCUT2D eigenvalue weighted by molar-refractivity contribution is 5.82. The van der Waals surface area contributed by atoms with Gasteiger partial charge in [0.1, 0.15) is 5.78 Å². The lowest BCUT2D eigenvalue weighted by molar-refractivity contribution is -0.118. The van der Waals surface area contributed by atoms with Crippen LogP contribution in [-0.2, 0) is 4.79 Å². The first kappa shape index (κ1) is 14.2. The molecule has 1 N–H and O–H groups in total. The maximum absolute atomic E-state index is 12.0. The van der Waals surface area contributed by atoms with E-state index in [9.17, 15) is 9.90 Å². The Morgan fingerprint density at radius 3 is 2.38 bits per heavy atom. The number of aliphatic hydroxyl groups excluding tert-OH is 1. The molecule has 0 unspecified atom stereocenters. The Hall–Kier alpha value is -0.370. The molecule has 4 fully saturated rings. The third kappa shape index (κ3) is 2.04. The predicted octanol–water partition coefficient (Wildman–Crippen LogP) is 3.96. The molecule has 0 spiro atoms. The van der Waals surface area contributed by atoms with Gasteiger partial charge in [0.15, 0.2) is 0 Å². The van der Waals surface area contributed by atoms with Gasteiger partial charge in [0, 0.05) is 12.8 Å². The van der Waals surface area contributed by atoms with Crippen LogP contribution in [0.2, 0.25) is 0 Å². The van der Waals surface area contributed by atoms with Crippen LogP contribution in [0.5, 0.6) is 0 Å². The van der Waals surface area contributed by atoms with Crippen LogP contribution in [0.25, 0.3) is 0 Å². The van der Waals surface area contributed by atoms with Crippen LogP contribution in [-0.4, -0.2) is 17.0 Å². The Morgan fingerprint density at radius 1 is 0.952 bits per heavy atom. The molecule has 2 nitrogen and oxygen atoms in total. The third-order valence-corrected chi connectivity index (χ3v) is 8.03. The number of rotatable bonds is 0. The number of hydrogen-bond acceptors (Lipinski definition) is 2. The second kappa shape index (κ2) is 4.57. The first-order valence-corrected chi connectivity index (χ1v) is 9.11. The number of Topliss-reactive ketones (excluding diaryl/α,β-unsaturated/α-hetero) is 1.